The fourth-order valence-corrected chi connectivity index (χ4v) is 4.05. The zero-order valence-electron chi connectivity index (χ0n) is 15.0. The second-order valence-corrected chi connectivity index (χ2v) is 7.73. The van der Waals surface area contributed by atoms with Crippen molar-refractivity contribution >= 4 is 15.9 Å². The lowest BCUT2D eigenvalue weighted by atomic mass is 10.1. The summed E-state index contributed by atoms with van der Waals surface area (Å²) >= 11 is 0. The number of aryl methyl sites for hydroxylation is 3. The van der Waals surface area contributed by atoms with Crippen molar-refractivity contribution in [3.63, 3.8) is 0 Å². The zero-order valence-corrected chi connectivity index (χ0v) is 15.8. The van der Waals surface area contributed by atoms with Crippen molar-refractivity contribution in [3.8, 4) is 0 Å². The Labute approximate surface area is 148 Å². The Morgan fingerprint density at radius 1 is 1.24 bits per heavy atom. The lowest BCUT2D eigenvalue weighted by molar-refractivity contribution is -0.129. The molecule has 0 fully saturated rings. The lowest BCUT2D eigenvalue weighted by Gasteiger charge is -2.22. The maximum Gasteiger partial charge on any atom is 0.244 e. The Morgan fingerprint density at radius 3 is 2.48 bits per heavy atom. The van der Waals surface area contributed by atoms with E-state index in [9.17, 15) is 13.2 Å². The molecule has 1 aromatic carbocycles. The lowest BCUT2D eigenvalue weighted by Crippen LogP contribution is -2.37. The first-order chi connectivity index (χ1) is 11.7. The van der Waals surface area contributed by atoms with E-state index in [4.69, 9.17) is 0 Å². The fraction of sp³-hybridized carbons (Fsp3) is 0.412. The van der Waals surface area contributed by atoms with Crippen LogP contribution in [0.15, 0.2) is 29.2 Å². The predicted molar refractivity (Wildman–Crippen MR) is 95.5 cm³/mol. The highest BCUT2D eigenvalue weighted by Crippen LogP contribution is 2.16. The first kappa shape index (κ1) is 19.1. The third kappa shape index (κ3) is 4.67. The van der Waals surface area contributed by atoms with Gasteiger partial charge in [0.2, 0.25) is 15.9 Å². The number of hydrogen-bond acceptors (Lipinski definition) is 4. The molecule has 0 aliphatic carbocycles. The molecule has 25 heavy (non-hydrogen) atoms. The van der Waals surface area contributed by atoms with Gasteiger partial charge in [-0.1, -0.05) is 24.3 Å². The highest BCUT2D eigenvalue weighted by molar-refractivity contribution is 7.89. The van der Waals surface area contributed by atoms with Crippen molar-refractivity contribution in [2.75, 3.05) is 13.1 Å². The number of rotatable bonds is 7. The monoisotopic (exact) mass is 364 g/mol. The number of benzene rings is 1. The molecule has 0 saturated heterocycles. The zero-order chi connectivity index (χ0) is 18.6. The third-order valence-electron chi connectivity index (χ3n) is 4.07. The van der Waals surface area contributed by atoms with Crippen LogP contribution in [0.4, 0.5) is 0 Å². The topological polar surface area (TPSA) is 95.2 Å². The summed E-state index contributed by atoms with van der Waals surface area (Å²) < 4.78 is 27.4. The Balaban J connectivity index is 2.03. The van der Waals surface area contributed by atoms with Gasteiger partial charge in [-0.25, -0.2) is 13.1 Å². The molecule has 8 heteroatoms. The molecule has 1 heterocycles. The summed E-state index contributed by atoms with van der Waals surface area (Å²) in [5.41, 5.74) is 3.06. The number of sulfonamides is 1. The van der Waals surface area contributed by atoms with Crippen molar-refractivity contribution in [1.82, 2.24) is 19.8 Å². The Kier molecular flexibility index (Phi) is 5.97. The first-order valence-electron chi connectivity index (χ1n) is 8.03. The van der Waals surface area contributed by atoms with Crippen LogP contribution in [-0.4, -0.2) is 42.5 Å². The summed E-state index contributed by atoms with van der Waals surface area (Å²) in [7, 11) is -3.66. The maximum atomic E-state index is 12.4. The molecule has 0 aliphatic rings. The minimum absolute atomic E-state index is 0.0990. The van der Waals surface area contributed by atoms with Crippen LogP contribution in [0.5, 0.6) is 0 Å². The van der Waals surface area contributed by atoms with Gasteiger partial charge in [-0.3, -0.25) is 9.89 Å². The Hall–Kier alpha value is -2.19. The summed E-state index contributed by atoms with van der Waals surface area (Å²) in [6.45, 7) is 7.65. The van der Waals surface area contributed by atoms with Gasteiger partial charge >= 0.3 is 0 Å². The number of aromatic amines is 1. The second kappa shape index (κ2) is 7.79. The smallest absolute Gasteiger partial charge is 0.244 e. The molecule has 7 nitrogen and oxygen atoms in total. The highest BCUT2D eigenvalue weighted by atomic mass is 32.2. The number of carbonyl (C=O) groups excluding carboxylic acids is 1. The molecule has 1 aromatic heterocycles. The van der Waals surface area contributed by atoms with Gasteiger partial charge in [0.05, 0.1) is 11.4 Å². The number of aromatic nitrogens is 2. The van der Waals surface area contributed by atoms with Gasteiger partial charge in [-0.05, 0) is 31.9 Å². The molecule has 2 N–H and O–H groups in total. The van der Waals surface area contributed by atoms with E-state index < -0.39 is 10.0 Å². The SMILES string of the molecule is CC(=O)N(CCNS(=O)(=O)c1c(C)n[nH]c1C)Cc1ccccc1C. The second-order valence-electron chi connectivity index (χ2n) is 6.03. The van der Waals surface area contributed by atoms with Crippen LogP contribution < -0.4 is 4.72 Å². The fourth-order valence-electron chi connectivity index (χ4n) is 2.66. The van der Waals surface area contributed by atoms with Gasteiger partial charge in [0.1, 0.15) is 4.90 Å². The van der Waals surface area contributed by atoms with Crippen LogP contribution in [0.2, 0.25) is 0 Å². The van der Waals surface area contributed by atoms with Crippen molar-refractivity contribution in [3.05, 3.63) is 46.8 Å². The minimum atomic E-state index is -3.66. The van der Waals surface area contributed by atoms with Crippen molar-refractivity contribution < 1.29 is 13.2 Å². The van der Waals surface area contributed by atoms with E-state index in [1.54, 1.807) is 18.7 Å². The van der Waals surface area contributed by atoms with Crippen LogP contribution in [0.1, 0.15) is 29.4 Å². The molecule has 1 amide bonds. The van der Waals surface area contributed by atoms with Gasteiger partial charge in [0.15, 0.2) is 0 Å². The number of hydrogen-bond donors (Lipinski definition) is 2. The third-order valence-corrected chi connectivity index (χ3v) is 5.79. The van der Waals surface area contributed by atoms with Crippen molar-refractivity contribution in [1.29, 1.82) is 0 Å². The van der Waals surface area contributed by atoms with E-state index in [0.717, 1.165) is 11.1 Å². The summed E-state index contributed by atoms with van der Waals surface area (Å²) in [5.74, 6) is -0.0990. The van der Waals surface area contributed by atoms with Gasteiger partial charge in [-0.15, -0.1) is 0 Å². The summed E-state index contributed by atoms with van der Waals surface area (Å²) in [6.07, 6.45) is 0. The van der Waals surface area contributed by atoms with E-state index >= 15 is 0 Å². The van der Waals surface area contributed by atoms with Crippen LogP contribution in [0, 0.1) is 20.8 Å². The summed E-state index contributed by atoms with van der Waals surface area (Å²) in [6, 6.07) is 7.82. The van der Waals surface area contributed by atoms with Gasteiger partial charge in [-0.2, -0.15) is 5.10 Å². The first-order valence-corrected chi connectivity index (χ1v) is 9.52. The van der Waals surface area contributed by atoms with E-state index in [1.165, 1.54) is 6.92 Å². The average Bonchev–Trinajstić information content (AvgIpc) is 2.87. The summed E-state index contributed by atoms with van der Waals surface area (Å²) in [4.78, 5) is 13.7. The van der Waals surface area contributed by atoms with Gasteiger partial charge in [0.25, 0.3) is 0 Å². The van der Waals surface area contributed by atoms with Crippen molar-refractivity contribution in [2.45, 2.75) is 39.1 Å². The normalized spacial score (nSPS) is 11.5. The molecule has 0 aliphatic heterocycles. The molecule has 0 unspecified atom stereocenters. The number of amides is 1. The van der Waals surface area contributed by atoms with Crippen LogP contribution >= 0.6 is 0 Å². The number of nitrogens with one attached hydrogen (secondary N) is 2. The molecule has 2 aromatic rings. The number of carbonyl (C=O) groups is 1. The molecular weight excluding hydrogens is 340 g/mol. The van der Waals surface area contributed by atoms with Crippen LogP contribution in [0.25, 0.3) is 0 Å². The van der Waals surface area contributed by atoms with E-state index in [2.05, 4.69) is 14.9 Å². The molecule has 2 rings (SSSR count). The van der Waals surface area contributed by atoms with Crippen LogP contribution in [0.3, 0.4) is 0 Å². The molecule has 0 saturated carbocycles. The largest absolute Gasteiger partial charge is 0.337 e. The average molecular weight is 364 g/mol. The molecular formula is C17H24N4O3S. The predicted octanol–water partition coefficient (Wildman–Crippen LogP) is 1.66. The maximum absolute atomic E-state index is 12.4. The molecule has 136 valence electrons. The highest BCUT2D eigenvalue weighted by Gasteiger charge is 2.22. The quantitative estimate of drug-likeness (QED) is 0.781. The van der Waals surface area contributed by atoms with Crippen LogP contribution in [-0.2, 0) is 21.4 Å². The molecule has 0 atom stereocenters. The van der Waals surface area contributed by atoms with Gasteiger partial charge in [0, 0.05) is 26.6 Å². The van der Waals surface area contributed by atoms with E-state index in [0.29, 0.717) is 24.5 Å². The Bertz CT molecular complexity index is 839. The Morgan fingerprint density at radius 2 is 1.92 bits per heavy atom. The minimum Gasteiger partial charge on any atom is -0.337 e. The van der Waals surface area contributed by atoms with E-state index in [-0.39, 0.29) is 17.3 Å². The van der Waals surface area contributed by atoms with E-state index in [1.807, 2.05) is 31.2 Å². The summed E-state index contributed by atoms with van der Waals surface area (Å²) in [5, 5.41) is 6.58. The van der Waals surface area contributed by atoms with Gasteiger partial charge < -0.3 is 4.90 Å². The molecule has 0 bridgehead atoms. The molecule has 0 radical (unpaired) electrons. The number of nitrogens with zero attached hydrogens (tertiary/aromatic N) is 2. The standard InChI is InChI=1S/C17H24N4O3S/c1-12-7-5-6-8-16(12)11-21(15(4)22)10-9-18-25(23,24)17-13(2)19-20-14(17)3/h5-8,18H,9-11H2,1-4H3,(H,19,20). The number of H-pyrrole nitrogens is 1. The molecule has 0 spiro atoms. The van der Waals surface area contributed by atoms with Crippen molar-refractivity contribution in [2.24, 2.45) is 0 Å².